The number of aromatic nitrogens is 3. The Hall–Kier alpha value is -1.91. The minimum atomic E-state index is -0.0687. The van der Waals surface area contributed by atoms with Crippen molar-refractivity contribution in [1.29, 1.82) is 0 Å². The van der Waals surface area contributed by atoms with Crippen LogP contribution in [0.1, 0.15) is 37.8 Å². The first-order chi connectivity index (χ1) is 13.0. The predicted octanol–water partition coefficient (Wildman–Crippen LogP) is 5.65. The molecule has 3 aromatic rings. The van der Waals surface area contributed by atoms with Crippen molar-refractivity contribution in [2.75, 3.05) is 0 Å². The number of hydrogen-bond acceptors (Lipinski definition) is 3. The lowest BCUT2D eigenvalue weighted by atomic mass is 10.1. The monoisotopic (exact) mass is 401 g/mol. The van der Waals surface area contributed by atoms with Crippen molar-refractivity contribution in [1.82, 2.24) is 14.5 Å². The normalized spacial score (nSPS) is 14.0. The van der Waals surface area contributed by atoms with E-state index < -0.39 is 0 Å². The molecule has 0 atom stereocenters. The summed E-state index contributed by atoms with van der Waals surface area (Å²) in [6, 6.07) is 7.27. The van der Waals surface area contributed by atoms with Gasteiger partial charge in [-0.1, -0.05) is 55.0 Å². The molecule has 0 spiro atoms. The molecular weight excluding hydrogens is 381 g/mol. The first-order valence-corrected chi connectivity index (χ1v) is 10.1. The average Bonchev–Trinajstić information content (AvgIpc) is 3.46. The van der Waals surface area contributed by atoms with Gasteiger partial charge in [0.15, 0.2) is 5.65 Å². The van der Waals surface area contributed by atoms with Crippen molar-refractivity contribution in [3.8, 4) is 11.1 Å². The van der Waals surface area contributed by atoms with Crippen molar-refractivity contribution in [2.24, 2.45) is 5.92 Å². The fourth-order valence-electron chi connectivity index (χ4n) is 3.50. The van der Waals surface area contributed by atoms with Crippen molar-refractivity contribution >= 4 is 34.4 Å². The summed E-state index contributed by atoms with van der Waals surface area (Å²) in [6.45, 7) is 2.42. The minimum absolute atomic E-state index is 0.0687. The third kappa shape index (κ3) is 3.87. The zero-order valence-corrected chi connectivity index (χ0v) is 16.7. The molecule has 0 radical (unpaired) electrons. The van der Waals surface area contributed by atoms with E-state index in [1.54, 1.807) is 29.8 Å². The van der Waals surface area contributed by atoms with Gasteiger partial charge in [0.05, 0.1) is 0 Å². The summed E-state index contributed by atoms with van der Waals surface area (Å²) in [5.41, 5.74) is 3.40. The number of nitrogens with zero attached hydrogens (tertiary/aromatic N) is 3. The van der Waals surface area contributed by atoms with Gasteiger partial charge in [0.1, 0.15) is 11.2 Å². The summed E-state index contributed by atoms with van der Waals surface area (Å²) in [6.07, 6.45) is 7.81. The summed E-state index contributed by atoms with van der Waals surface area (Å²) in [4.78, 5) is 21.7. The van der Waals surface area contributed by atoms with Crippen LogP contribution >= 0.6 is 23.2 Å². The van der Waals surface area contributed by atoms with Crippen molar-refractivity contribution < 1.29 is 0 Å². The van der Waals surface area contributed by atoms with Crippen LogP contribution in [0, 0.1) is 12.8 Å². The van der Waals surface area contributed by atoms with Gasteiger partial charge < -0.3 is 0 Å². The van der Waals surface area contributed by atoms with E-state index in [0.717, 1.165) is 29.9 Å². The predicted molar refractivity (Wildman–Crippen MR) is 111 cm³/mol. The highest BCUT2D eigenvalue weighted by Crippen LogP contribution is 2.35. The number of benzene rings is 1. The van der Waals surface area contributed by atoms with Gasteiger partial charge >= 0.3 is 0 Å². The maximum Gasteiger partial charge on any atom is 0.273 e. The maximum atomic E-state index is 12.7. The Morgan fingerprint density at radius 3 is 2.70 bits per heavy atom. The molecule has 2 aromatic heterocycles. The zero-order chi connectivity index (χ0) is 19.0. The molecule has 0 saturated heterocycles. The van der Waals surface area contributed by atoms with Crippen LogP contribution < -0.4 is 5.56 Å². The van der Waals surface area contributed by atoms with Gasteiger partial charge in [-0.25, -0.2) is 9.97 Å². The number of rotatable bonds is 6. The smallest absolute Gasteiger partial charge is 0.273 e. The van der Waals surface area contributed by atoms with Crippen LogP contribution in [0.15, 0.2) is 35.3 Å². The van der Waals surface area contributed by atoms with E-state index in [0.29, 0.717) is 33.4 Å². The van der Waals surface area contributed by atoms with Gasteiger partial charge in [-0.05, 0) is 37.5 Å². The number of hydrogen-bond donors (Lipinski definition) is 0. The molecule has 1 fully saturated rings. The first kappa shape index (κ1) is 18.5. The van der Waals surface area contributed by atoms with Gasteiger partial charge in [0, 0.05) is 33.9 Å². The quantitative estimate of drug-likeness (QED) is 0.501. The minimum Gasteiger partial charge on any atom is -0.290 e. The summed E-state index contributed by atoms with van der Waals surface area (Å²) >= 11 is 12.4. The Balaban J connectivity index is 1.77. The van der Waals surface area contributed by atoms with Gasteiger partial charge in [0.25, 0.3) is 5.56 Å². The van der Waals surface area contributed by atoms with Crippen molar-refractivity contribution in [3.05, 3.63) is 56.6 Å². The van der Waals surface area contributed by atoms with Crippen molar-refractivity contribution in [2.45, 2.75) is 45.6 Å². The van der Waals surface area contributed by atoms with Gasteiger partial charge in [-0.3, -0.25) is 9.36 Å². The topological polar surface area (TPSA) is 47.8 Å². The van der Waals surface area contributed by atoms with Crippen LogP contribution in [0.3, 0.4) is 0 Å². The standard InChI is InChI=1S/C21H21Cl2N3O/c1-13-21(27)26(11-3-2-4-14-5-6-14)20-19(25-13)17(9-10-24-20)16-8-7-15(22)12-18(16)23/h7-10,12,14H,2-6,11H2,1H3. The molecule has 6 heteroatoms. The molecule has 4 rings (SSSR count). The lowest BCUT2D eigenvalue weighted by molar-refractivity contribution is 0.559. The molecule has 4 nitrogen and oxygen atoms in total. The third-order valence-corrected chi connectivity index (χ3v) is 5.70. The summed E-state index contributed by atoms with van der Waals surface area (Å²) in [7, 11) is 0. The maximum absolute atomic E-state index is 12.7. The van der Waals surface area contributed by atoms with Crippen LogP contribution in [0.4, 0.5) is 0 Å². The second-order valence-electron chi connectivity index (χ2n) is 7.25. The molecule has 0 unspecified atom stereocenters. The SMILES string of the molecule is Cc1nc2c(-c3ccc(Cl)cc3Cl)ccnc2n(CCCCC2CC2)c1=O. The number of unbranched alkanes of at least 4 members (excludes halogenated alkanes) is 1. The highest BCUT2D eigenvalue weighted by molar-refractivity contribution is 6.36. The molecule has 0 N–H and O–H groups in total. The van der Waals surface area contributed by atoms with Crippen LogP contribution in [-0.4, -0.2) is 14.5 Å². The Bertz CT molecular complexity index is 1060. The van der Waals surface area contributed by atoms with E-state index >= 15 is 0 Å². The summed E-state index contributed by atoms with van der Waals surface area (Å²) in [5.74, 6) is 0.911. The Kier molecular flexibility index (Phi) is 5.20. The van der Waals surface area contributed by atoms with E-state index in [-0.39, 0.29) is 5.56 Å². The van der Waals surface area contributed by atoms with E-state index in [2.05, 4.69) is 9.97 Å². The molecule has 27 heavy (non-hydrogen) atoms. The molecule has 0 amide bonds. The Morgan fingerprint density at radius 1 is 1.15 bits per heavy atom. The fraction of sp³-hybridized carbons (Fsp3) is 0.381. The first-order valence-electron chi connectivity index (χ1n) is 9.36. The molecule has 0 aliphatic heterocycles. The molecule has 1 aromatic carbocycles. The van der Waals surface area contributed by atoms with Crippen LogP contribution in [0.25, 0.3) is 22.3 Å². The molecule has 1 saturated carbocycles. The van der Waals surface area contributed by atoms with Gasteiger partial charge in [-0.15, -0.1) is 0 Å². The molecule has 1 aliphatic rings. The lowest BCUT2D eigenvalue weighted by Gasteiger charge is -2.13. The Labute approximate surface area is 168 Å². The summed E-state index contributed by atoms with van der Waals surface area (Å²) < 4.78 is 1.76. The zero-order valence-electron chi connectivity index (χ0n) is 15.2. The highest BCUT2D eigenvalue weighted by Gasteiger charge is 2.20. The molecule has 0 bridgehead atoms. The van der Waals surface area contributed by atoms with E-state index in [4.69, 9.17) is 23.2 Å². The molecule has 2 heterocycles. The number of aryl methyl sites for hydroxylation is 2. The second-order valence-corrected chi connectivity index (χ2v) is 8.09. The van der Waals surface area contributed by atoms with Gasteiger partial charge in [0.2, 0.25) is 0 Å². The van der Waals surface area contributed by atoms with Crippen molar-refractivity contribution in [3.63, 3.8) is 0 Å². The average molecular weight is 402 g/mol. The van der Waals surface area contributed by atoms with Crippen LogP contribution in [0.2, 0.25) is 10.0 Å². The largest absolute Gasteiger partial charge is 0.290 e. The Morgan fingerprint density at radius 2 is 1.96 bits per heavy atom. The number of fused-ring (bicyclic) bond motifs is 1. The van der Waals surface area contributed by atoms with E-state index in [1.807, 2.05) is 12.1 Å². The van der Waals surface area contributed by atoms with E-state index in [1.165, 1.54) is 19.3 Å². The van der Waals surface area contributed by atoms with Gasteiger partial charge in [-0.2, -0.15) is 0 Å². The number of pyridine rings is 1. The molecular formula is C21H21Cl2N3O. The van der Waals surface area contributed by atoms with E-state index in [9.17, 15) is 4.79 Å². The van der Waals surface area contributed by atoms with Crippen LogP contribution in [0.5, 0.6) is 0 Å². The second kappa shape index (κ2) is 7.61. The lowest BCUT2D eigenvalue weighted by Crippen LogP contribution is -2.25. The van der Waals surface area contributed by atoms with Crippen LogP contribution in [-0.2, 0) is 6.54 Å². The summed E-state index contributed by atoms with van der Waals surface area (Å²) in [5, 5.41) is 1.13. The fourth-order valence-corrected chi connectivity index (χ4v) is 4.01. The molecule has 140 valence electrons. The third-order valence-electron chi connectivity index (χ3n) is 5.16. The number of halogens is 2. The molecule has 1 aliphatic carbocycles. The highest BCUT2D eigenvalue weighted by atomic mass is 35.5.